The Labute approximate surface area is 86.2 Å². The van der Waals surface area contributed by atoms with E-state index in [-0.39, 0.29) is 17.2 Å². The van der Waals surface area contributed by atoms with Gasteiger partial charge in [0.2, 0.25) is 11.5 Å². The molecule has 0 saturated carbocycles. The first kappa shape index (κ1) is 10.6. The summed E-state index contributed by atoms with van der Waals surface area (Å²) in [6.07, 6.45) is 0. The maximum Gasteiger partial charge on any atom is 0.352 e. The van der Waals surface area contributed by atoms with E-state index in [4.69, 9.17) is 9.47 Å². The van der Waals surface area contributed by atoms with Crippen molar-refractivity contribution in [2.75, 3.05) is 14.2 Å². The van der Waals surface area contributed by atoms with E-state index in [1.807, 2.05) is 0 Å². The molecule has 0 aliphatic carbocycles. The van der Waals surface area contributed by atoms with Crippen LogP contribution in [-0.2, 0) is 0 Å². The average Bonchev–Trinajstić information content (AvgIpc) is 2.15. The SMILES string of the molecule is COc1cc(S)cc(OC)c1[N+](=O)[O-]. The van der Waals surface area contributed by atoms with E-state index in [9.17, 15) is 10.1 Å². The summed E-state index contributed by atoms with van der Waals surface area (Å²) in [6, 6.07) is 2.92. The van der Waals surface area contributed by atoms with E-state index in [0.717, 1.165) is 0 Å². The number of ether oxygens (including phenoxy) is 2. The van der Waals surface area contributed by atoms with Crippen LogP contribution in [0.3, 0.4) is 0 Å². The van der Waals surface area contributed by atoms with Crippen LogP contribution in [0.4, 0.5) is 5.69 Å². The van der Waals surface area contributed by atoms with E-state index >= 15 is 0 Å². The zero-order valence-electron chi connectivity index (χ0n) is 7.68. The van der Waals surface area contributed by atoms with Crippen molar-refractivity contribution >= 4 is 18.3 Å². The van der Waals surface area contributed by atoms with Crippen LogP contribution < -0.4 is 9.47 Å². The second-order valence-corrected chi connectivity index (χ2v) is 2.97. The molecule has 0 atom stereocenters. The lowest BCUT2D eigenvalue weighted by Crippen LogP contribution is -1.97. The van der Waals surface area contributed by atoms with Gasteiger partial charge in [0.15, 0.2) is 0 Å². The molecule has 0 saturated heterocycles. The maximum absolute atomic E-state index is 10.7. The van der Waals surface area contributed by atoms with Crippen molar-refractivity contribution in [1.29, 1.82) is 0 Å². The molecule has 76 valence electrons. The van der Waals surface area contributed by atoms with Crippen LogP contribution in [0, 0.1) is 10.1 Å². The highest BCUT2D eigenvalue weighted by molar-refractivity contribution is 7.80. The molecular formula is C8H9NO4S. The second kappa shape index (κ2) is 4.19. The minimum Gasteiger partial charge on any atom is -0.490 e. The number of nitrogens with zero attached hydrogens (tertiary/aromatic N) is 1. The topological polar surface area (TPSA) is 61.6 Å². The fourth-order valence-electron chi connectivity index (χ4n) is 1.06. The van der Waals surface area contributed by atoms with Gasteiger partial charge >= 0.3 is 5.69 Å². The van der Waals surface area contributed by atoms with Gasteiger partial charge in [0.1, 0.15) is 0 Å². The summed E-state index contributed by atoms with van der Waals surface area (Å²) >= 11 is 4.06. The van der Waals surface area contributed by atoms with E-state index in [2.05, 4.69) is 12.6 Å². The number of hydrogen-bond donors (Lipinski definition) is 1. The molecule has 0 aromatic heterocycles. The van der Waals surface area contributed by atoms with E-state index in [1.54, 1.807) is 0 Å². The summed E-state index contributed by atoms with van der Waals surface area (Å²) in [7, 11) is 2.71. The maximum atomic E-state index is 10.7. The summed E-state index contributed by atoms with van der Waals surface area (Å²) in [5, 5.41) is 10.7. The Bertz CT molecular complexity index is 341. The van der Waals surface area contributed by atoms with Gasteiger partial charge in [-0.3, -0.25) is 10.1 Å². The van der Waals surface area contributed by atoms with Gasteiger partial charge in [-0.1, -0.05) is 0 Å². The van der Waals surface area contributed by atoms with Crippen LogP contribution in [0.2, 0.25) is 0 Å². The van der Waals surface area contributed by atoms with Crippen molar-refractivity contribution < 1.29 is 14.4 Å². The van der Waals surface area contributed by atoms with E-state index < -0.39 is 4.92 Å². The first-order valence-corrected chi connectivity index (χ1v) is 4.14. The normalized spacial score (nSPS) is 9.64. The zero-order valence-corrected chi connectivity index (χ0v) is 8.58. The molecule has 0 bridgehead atoms. The highest BCUT2D eigenvalue weighted by atomic mass is 32.1. The number of hydrogen-bond acceptors (Lipinski definition) is 5. The average molecular weight is 215 g/mol. The summed E-state index contributed by atoms with van der Waals surface area (Å²) in [4.78, 5) is 10.7. The number of methoxy groups -OCH3 is 2. The quantitative estimate of drug-likeness (QED) is 0.475. The highest BCUT2D eigenvalue weighted by Crippen LogP contribution is 2.38. The third-order valence-corrected chi connectivity index (χ3v) is 1.91. The predicted octanol–water partition coefficient (Wildman–Crippen LogP) is 1.90. The molecule has 1 aromatic carbocycles. The van der Waals surface area contributed by atoms with Gasteiger partial charge in [-0.15, -0.1) is 12.6 Å². The molecule has 5 nitrogen and oxygen atoms in total. The molecule has 14 heavy (non-hydrogen) atoms. The van der Waals surface area contributed by atoms with Crippen molar-refractivity contribution in [3.05, 3.63) is 22.2 Å². The fraction of sp³-hybridized carbons (Fsp3) is 0.250. The van der Waals surface area contributed by atoms with Crippen molar-refractivity contribution in [3.63, 3.8) is 0 Å². The van der Waals surface area contributed by atoms with Crippen molar-refractivity contribution in [2.24, 2.45) is 0 Å². The van der Waals surface area contributed by atoms with Gasteiger partial charge in [0, 0.05) is 17.0 Å². The van der Waals surface area contributed by atoms with E-state index in [0.29, 0.717) is 4.90 Å². The first-order valence-electron chi connectivity index (χ1n) is 3.69. The Morgan fingerprint density at radius 2 is 1.71 bits per heavy atom. The molecule has 0 aliphatic heterocycles. The summed E-state index contributed by atoms with van der Waals surface area (Å²) < 4.78 is 9.72. The van der Waals surface area contributed by atoms with Gasteiger partial charge in [0.25, 0.3) is 0 Å². The van der Waals surface area contributed by atoms with Crippen LogP contribution in [0.1, 0.15) is 0 Å². The van der Waals surface area contributed by atoms with Crippen LogP contribution in [-0.4, -0.2) is 19.1 Å². The Hall–Kier alpha value is -1.43. The molecule has 0 radical (unpaired) electrons. The molecule has 0 N–H and O–H groups in total. The van der Waals surface area contributed by atoms with Crippen LogP contribution in [0.15, 0.2) is 17.0 Å². The smallest absolute Gasteiger partial charge is 0.352 e. The lowest BCUT2D eigenvalue weighted by Gasteiger charge is -2.06. The summed E-state index contributed by atoms with van der Waals surface area (Å²) in [5.74, 6) is 0.277. The van der Waals surface area contributed by atoms with Gasteiger partial charge in [-0.05, 0) is 0 Å². The van der Waals surface area contributed by atoms with E-state index in [1.165, 1.54) is 26.4 Å². The molecule has 6 heteroatoms. The van der Waals surface area contributed by atoms with Gasteiger partial charge in [-0.2, -0.15) is 0 Å². The van der Waals surface area contributed by atoms with Gasteiger partial charge in [-0.25, -0.2) is 0 Å². The lowest BCUT2D eigenvalue weighted by molar-refractivity contribution is -0.386. The van der Waals surface area contributed by atoms with Gasteiger partial charge < -0.3 is 9.47 Å². The van der Waals surface area contributed by atoms with Crippen LogP contribution >= 0.6 is 12.6 Å². The number of benzene rings is 1. The predicted molar refractivity (Wildman–Crippen MR) is 53.5 cm³/mol. The summed E-state index contributed by atoms with van der Waals surface area (Å²) in [5.41, 5.74) is -0.187. The lowest BCUT2D eigenvalue weighted by atomic mass is 10.2. The number of nitro benzene ring substituents is 1. The Kier molecular flexibility index (Phi) is 3.19. The highest BCUT2D eigenvalue weighted by Gasteiger charge is 2.22. The molecular weight excluding hydrogens is 206 g/mol. The molecule has 0 spiro atoms. The second-order valence-electron chi connectivity index (χ2n) is 2.46. The van der Waals surface area contributed by atoms with Gasteiger partial charge in [0.05, 0.1) is 19.1 Å². The van der Waals surface area contributed by atoms with Crippen molar-refractivity contribution in [2.45, 2.75) is 4.90 Å². The van der Waals surface area contributed by atoms with Crippen LogP contribution in [0.25, 0.3) is 0 Å². The van der Waals surface area contributed by atoms with Crippen molar-refractivity contribution in [1.82, 2.24) is 0 Å². The first-order chi connectivity index (χ1) is 6.60. The largest absolute Gasteiger partial charge is 0.490 e. The molecule has 0 amide bonds. The molecule has 0 unspecified atom stereocenters. The zero-order chi connectivity index (χ0) is 10.7. The number of nitro groups is 1. The third-order valence-electron chi connectivity index (χ3n) is 1.65. The Morgan fingerprint density at radius 3 is 2.00 bits per heavy atom. The molecule has 0 fully saturated rings. The monoisotopic (exact) mass is 215 g/mol. The fourth-order valence-corrected chi connectivity index (χ4v) is 1.29. The standard InChI is InChI=1S/C8H9NO4S/c1-12-6-3-5(14)4-7(13-2)8(6)9(10)11/h3-4,14H,1-2H3. The third kappa shape index (κ3) is 1.90. The number of rotatable bonds is 3. The minimum atomic E-state index is -0.551. The molecule has 1 aromatic rings. The summed E-state index contributed by atoms with van der Waals surface area (Å²) in [6.45, 7) is 0. The van der Waals surface area contributed by atoms with Crippen molar-refractivity contribution in [3.8, 4) is 11.5 Å². The molecule has 1 rings (SSSR count). The Balaban J connectivity index is 3.40. The number of thiol groups is 1. The molecule has 0 heterocycles. The minimum absolute atomic E-state index is 0.138. The molecule has 0 aliphatic rings. The van der Waals surface area contributed by atoms with Crippen LogP contribution in [0.5, 0.6) is 11.5 Å². The Morgan fingerprint density at radius 1 is 1.29 bits per heavy atom.